The van der Waals surface area contributed by atoms with Gasteiger partial charge in [0.1, 0.15) is 17.2 Å². The Morgan fingerprint density at radius 1 is 1.17 bits per heavy atom. The third-order valence-corrected chi connectivity index (χ3v) is 4.95. The number of benzene rings is 2. The second-order valence-corrected chi connectivity index (χ2v) is 8.17. The molecule has 0 spiro atoms. The number of aliphatic hydroxyl groups is 1. The lowest BCUT2D eigenvalue weighted by Gasteiger charge is -2.27. The molecule has 8 heteroatoms. The average Bonchev–Trinajstić information content (AvgIpc) is 2.68. The lowest BCUT2D eigenvalue weighted by atomic mass is 9.78. The molecule has 7 nitrogen and oxygen atoms in total. The Kier molecular flexibility index (Phi) is 6.22. The van der Waals surface area contributed by atoms with Gasteiger partial charge in [0.25, 0.3) is 5.91 Å². The molecule has 1 amide bonds. The van der Waals surface area contributed by atoms with Crippen molar-refractivity contribution in [3.63, 3.8) is 0 Å². The van der Waals surface area contributed by atoms with Crippen molar-refractivity contribution in [1.82, 2.24) is 0 Å². The number of allylic oxidation sites excluding steroid dienone is 2. The van der Waals surface area contributed by atoms with Crippen molar-refractivity contribution in [2.24, 2.45) is 15.6 Å². The predicted molar refractivity (Wildman–Crippen MR) is 115 cm³/mol. The molecule has 3 rings (SSSR count). The average molecular weight is 428 g/mol. The predicted octanol–water partition coefficient (Wildman–Crippen LogP) is 5.84. The summed E-state index contributed by atoms with van der Waals surface area (Å²) in [5.41, 5.74) is 0.711. The number of ketones is 1. The van der Waals surface area contributed by atoms with Gasteiger partial charge in [-0.25, -0.2) is 0 Å². The summed E-state index contributed by atoms with van der Waals surface area (Å²) >= 11 is 6.31. The first-order valence-corrected chi connectivity index (χ1v) is 9.69. The molecule has 0 heterocycles. The molecule has 1 aliphatic rings. The molecule has 0 aliphatic heterocycles. The summed E-state index contributed by atoms with van der Waals surface area (Å²) in [7, 11) is 1.44. The number of halogens is 1. The Bertz CT molecular complexity index is 1050. The number of Topliss-reactive ketones (excluding diaryl/α,β-unsaturated/α-hetero) is 1. The molecule has 30 heavy (non-hydrogen) atoms. The zero-order valence-electron chi connectivity index (χ0n) is 16.9. The summed E-state index contributed by atoms with van der Waals surface area (Å²) in [5.74, 6) is -0.379. The van der Waals surface area contributed by atoms with Gasteiger partial charge >= 0.3 is 0 Å². The largest absolute Gasteiger partial charge is 0.510 e. The smallest absolute Gasteiger partial charge is 0.255 e. The summed E-state index contributed by atoms with van der Waals surface area (Å²) in [6.07, 6.45) is 0.614. The lowest BCUT2D eigenvalue weighted by Crippen LogP contribution is -2.25. The van der Waals surface area contributed by atoms with Gasteiger partial charge in [0.2, 0.25) is 0 Å². The fraction of sp³-hybridized carbons (Fsp3) is 0.273. The first-order chi connectivity index (χ1) is 14.2. The highest BCUT2D eigenvalue weighted by molar-refractivity contribution is 6.34. The van der Waals surface area contributed by atoms with Crippen molar-refractivity contribution in [2.75, 3.05) is 12.4 Å². The van der Waals surface area contributed by atoms with Crippen molar-refractivity contribution in [3.8, 4) is 5.75 Å². The summed E-state index contributed by atoms with van der Waals surface area (Å²) in [5, 5.41) is 21.1. The van der Waals surface area contributed by atoms with Gasteiger partial charge in [0.15, 0.2) is 11.5 Å². The van der Waals surface area contributed by atoms with Gasteiger partial charge < -0.3 is 15.2 Å². The zero-order valence-corrected chi connectivity index (χ0v) is 17.7. The van der Waals surface area contributed by atoms with Crippen LogP contribution in [0.15, 0.2) is 64.1 Å². The van der Waals surface area contributed by atoms with E-state index >= 15 is 0 Å². The first kappa shape index (κ1) is 21.5. The second kappa shape index (κ2) is 8.67. The van der Waals surface area contributed by atoms with Crippen molar-refractivity contribution in [1.29, 1.82) is 0 Å². The minimum Gasteiger partial charge on any atom is -0.510 e. The molecule has 0 atom stereocenters. The zero-order chi connectivity index (χ0) is 21.9. The number of azo groups is 1. The van der Waals surface area contributed by atoms with E-state index < -0.39 is 0 Å². The second-order valence-electron chi connectivity index (χ2n) is 7.76. The Hall–Kier alpha value is -3.19. The van der Waals surface area contributed by atoms with Gasteiger partial charge in [-0.15, -0.1) is 10.2 Å². The highest BCUT2D eigenvalue weighted by Crippen LogP contribution is 2.39. The SMILES string of the molecule is COc1cc(NC(=O)c2ccccc2)c(Cl)cc1N=NC1=C(O)CC(C)(C)CC1=O. The molecule has 1 aliphatic carbocycles. The standard InChI is InChI=1S/C22H22ClN3O4/c1-22(2)11-17(27)20(18(28)12-22)26-25-16-9-14(23)15(10-19(16)30-3)24-21(29)13-7-5-4-6-8-13/h4-10,27H,11-12H2,1-3H3,(H,24,29). The number of aliphatic hydroxyl groups excluding tert-OH is 1. The Labute approximate surface area is 179 Å². The van der Waals surface area contributed by atoms with E-state index in [2.05, 4.69) is 15.5 Å². The van der Waals surface area contributed by atoms with E-state index in [1.165, 1.54) is 19.2 Å². The van der Waals surface area contributed by atoms with E-state index in [1.807, 2.05) is 19.9 Å². The number of hydrogen-bond donors (Lipinski definition) is 2. The van der Waals surface area contributed by atoms with Crippen LogP contribution >= 0.6 is 11.6 Å². The first-order valence-electron chi connectivity index (χ1n) is 9.31. The fourth-order valence-corrected chi connectivity index (χ4v) is 3.37. The van der Waals surface area contributed by atoms with Gasteiger partial charge in [0.05, 0.1) is 17.8 Å². The third-order valence-electron chi connectivity index (χ3n) is 4.63. The summed E-state index contributed by atoms with van der Waals surface area (Å²) < 4.78 is 5.33. The molecule has 0 radical (unpaired) electrons. The highest BCUT2D eigenvalue weighted by Gasteiger charge is 2.33. The minimum atomic E-state index is -0.320. The van der Waals surface area contributed by atoms with E-state index in [4.69, 9.17) is 16.3 Å². The number of rotatable bonds is 5. The normalized spacial score (nSPS) is 16.1. The van der Waals surface area contributed by atoms with Crippen LogP contribution in [-0.2, 0) is 4.79 Å². The van der Waals surface area contributed by atoms with E-state index in [0.29, 0.717) is 23.4 Å². The van der Waals surface area contributed by atoms with E-state index in [9.17, 15) is 14.7 Å². The fourth-order valence-electron chi connectivity index (χ4n) is 3.16. The Morgan fingerprint density at radius 3 is 2.50 bits per heavy atom. The number of amides is 1. The van der Waals surface area contributed by atoms with E-state index in [1.54, 1.807) is 24.3 Å². The number of methoxy groups -OCH3 is 1. The molecule has 0 saturated heterocycles. The van der Waals surface area contributed by atoms with Crippen molar-refractivity contribution < 1.29 is 19.4 Å². The quantitative estimate of drug-likeness (QED) is 0.585. The number of anilines is 1. The lowest BCUT2D eigenvalue weighted by molar-refractivity contribution is -0.118. The molecular weight excluding hydrogens is 406 g/mol. The van der Waals surface area contributed by atoms with Crippen LogP contribution in [0.4, 0.5) is 11.4 Å². The molecule has 0 unspecified atom stereocenters. The van der Waals surface area contributed by atoms with Crippen molar-refractivity contribution >= 4 is 34.7 Å². The van der Waals surface area contributed by atoms with Crippen LogP contribution in [0.3, 0.4) is 0 Å². The number of ether oxygens (including phenoxy) is 1. The third kappa shape index (κ3) is 4.86. The van der Waals surface area contributed by atoms with E-state index in [0.717, 1.165) is 0 Å². The van der Waals surface area contributed by atoms with Gasteiger partial charge in [-0.05, 0) is 23.6 Å². The van der Waals surface area contributed by atoms with Crippen LogP contribution in [-0.4, -0.2) is 23.9 Å². The monoisotopic (exact) mass is 427 g/mol. The highest BCUT2D eigenvalue weighted by atomic mass is 35.5. The van der Waals surface area contributed by atoms with Crippen molar-refractivity contribution in [2.45, 2.75) is 26.7 Å². The summed E-state index contributed by atoms with van der Waals surface area (Å²) in [4.78, 5) is 24.7. The maximum absolute atomic E-state index is 12.4. The van der Waals surface area contributed by atoms with Gasteiger partial charge in [0, 0.05) is 24.5 Å². The summed E-state index contributed by atoms with van der Waals surface area (Å²) in [6, 6.07) is 11.7. The van der Waals surface area contributed by atoms with Crippen LogP contribution in [0.5, 0.6) is 5.75 Å². The topological polar surface area (TPSA) is 100 Å². The maximum Gasteiger partial charge on any atom is 0.255 e. The molecule has 156 valence electrons. The number of carbonyl (C=O) groups excluding carboxylic acids is 2. The summed E-state index contributed by atoms with van der Waals surface area (Å²) in [6.45, 7) is 3.81. The van der Waals surface area contributed by atoms with Gasteiger partial charge in [-0.2, -0.15) is 0 Å². The van der Waals surface area contributed by atoms with E-state index in [-0.39, 0.29) is 45.7 Å². The number of nitrogens with one attached hydrogen (secondary N) is 1. The molecule has 2 N–H and O–H groups in total. The number of carbonyl (C=O) groups is 2. The molecule has 0 aromatic heterocycles. The number of nitrogens with zero attached hydrogens (tertiary/aromatic N) is 2. The molecule has 0 bridgehead atoms. The van der Waals surface area contributed by atoms with Crippen LogP contribution in [0.2, 0.25) is 5.02 Å². The van der Waals surface area contributed by atoms with Crippen LogP contribution in [0, 0.1) is 5.41 Å². The molecule has 0 fully saturated rings. The van der Waals surface area contributed by atoms with Gasteiger partial charge in [-0.1, -0.05) is 43.6 Å². The maximum atomic E-state index is 12.4. The van der Waals surface area contributed by atoms with Gasteiger partial charge in [-0.3, -0.25) is 9.59 Å². The van der Waals surface area contributed by atoms with Crippen LogP contribution in [0.25, 0.3) is 0 Å². The minimum absolute atomic E-state index is 0.0612. The van der Waals surface area contributed by atoms with Crippen LogP contribution < -0.4 is 10.1 Å². The molecular formula is C22H22ClN3O4. The Balaban J connectivity index is 1.87. The molecule has 2 aromatic carbocycles. The van der Waals surface area contributed by atoms with Crippen LogP contribution in [0.1, 0.15) is 37.0 Å². The molecule has 2 aromatic rings. The molecule has 0 saturated carbocycles. The Morgan fingerprint density at radius 2 is 1.87 bits per heavy atom. The van der Waals surface area contributed by atoms with Crippen molar-refractivity contribution in [3.05, 3.63) is 64.5 Å². The number of hydrogen-bond acceptors (Lipinski definition) is 6.